The second-order valence-electron chi connectivity index (χ2n) is 7.30. The van der Waals surface area contributed by atoms with Crippen LogP contribution in [0.15, 0.2) is 54.7 Å². The largest absolute Gasteiger partial charge is 0.378 e. The first-order valence-electron chi connectivity index (χ1n) is 9.87. The molecule has 5 rings (SSSR count). The maximum atomic E-state index is 14.4. The Morgan fingerprint density at radius 1 is 1.10 bits per heavy atom. The number of H-pyrrole nitrogens is 1. The topological polar surface area (TPSA) is 71.1 Å². The van der Waals surface area contributed by atoms with Crippen LogP contribution in [0, 0.1) is 5.82 Å². The number of fused-ring (bicyclic) bond motifs is 1. The number of pyridine rings is 1. The van der Waals surface area contributed by atoms with Gasteiger partial charge in [-0.25, -0.2) is 9.37 Å². The monoisotopic (exact) mass is 436 g/mol. The number of hydrogen-bond acceptors (Lipinski definition) is 4. The minimum Gasteiger partial charge on any atom is -0.378 e. The van der Waals surface area contributed by atoms with Gasteiger partial charge in [0.05, 0.1) is 13.2 Å². The Kier molecular flexibility index (Phi) is 5.13. The Hall–Kier alpha value is -3.29. The van der Waals surface area contributed by atoms with Gasteiger partial charge < -0.3 is 9.64 Å². The normalized spacial score (nSPS) is 14.2. The van der Waals surface area contributed by atoms with E-state index in [1.807, 2.05) is 24.3 Å². The van der Waals surface area contributed by atoms with Crippen LogP contribution in [-0.2, 0) is 4.74 Å². The first-order chi connectivity index (χ1) is 15.1. The summed E-state index contributed by atoms with van der Waals surface area (Å²) < 4.78 is 19.7. The molecule has 4 aromatic rings. The SMILES string of the molecule is O=C(c1cccc(-c2cnc3[nH]nc(-c4cc(Cl)ccc4F)c3c2)c1)N1CCOCC1. The lowest BCUT2D eigenvalue weighted by Gasteiger charge is -2.27. The molecule has 1 amide bonds. The number of halogens is 2. The third-order valence-corrected chi connectivity index (χ3v) is 5.58. The van der Waals surface area contributed by atoms with Crippen molar-refractivity contribution in [3.8, 4) is 22.4 Å². The van der Waals surface area contributed by atoms with Crippen LogP contribution in [0.1, 0.15) is 10.4 Å². The van der Waals surface area contributed by atoms with Crippen molar-refractivity contribution in [2.24, 2.45) is 0 Å². The number of carbonyl (C=O) groups excluding carboxylic acids is 1. The van der Waals surface area contributed by atoms with Crippen molar-refractivity contribution in [2.75, 3.05) is 26.3 Å². The number of ether oxygens (including phenoxy) is 1. The average molecular weight is 437 g/mol. The van der Waals surface area contributed by atoms with Crippen molar-refractivity contribution in [1.29, 1.82) is 0 Å². The Morgan fingerprint density at radius 2 is 1.94 bits per heavy atom. The lowest BCUT2D eigenvalue weighted by molar-refractivity contribution is 0.0303. The fraction of sp³-hybridized carbons (Fsp3) is 0.174. The number of nitrogens with zero attached hydrogens (tertiary/aromatic N) is 3. The minimum atomic E-state index is -0.415. The lowest BCUT2D eigenvalue weighted by atomic mass is 10.0. The summed E-state index contributed by atoms with van der Waals surface area (Å²) in [7, 11) is 0. The van der Waals surface area contributed by atoms with Crippen LogP contribution in [0.5, 0.6) is 0 Å². The van der Waals surface area contributed by atoms with Crippen LogP contribution in [0.2, 0.25) is 5.02 Å². The third kappa shape index (κ3) is 3.78. The minimum absolute atomic E-state index is 0.0239. The average Bonchev–Trinajstić information content (AvgIpc) is 3.24. The van der Waals surface area contributed by atoms with E-state index in [-0.39, 0.29) is 5.91 Å². The molecular weight excluding hydrogens is 419 g/mol. The fourth-order valence-corrected chi connectivity index (χ4v) is 3.90. The summed E-state index contributed by atoms with van der Waals surface area (Å²) in [4.78, 5) is 19.1. The molecular formula is C23H18ClFN4O2. The highest BCUT2D eigenvalue weighted by atomic mass is 35.5. The number of aromatic amines is 1. The van der Waals surface area contributed by atoms with Crippen LogP contribution < -0.4 is 0 Å². The Bertz CT molecular complexity index is 1280. The zero-order chi connectivity index (χ0) is 21.4. The lowest BCUT2D eigenvalue weighted by Crippen LogP contribution is -2.40. The molecule has 1 fully saturated rings. The highest BCUT2D eigenvalue weighted by molar-refractivity contribution is 6.30. The first kappa shape index (κ1) is 19.7. The van der Waals surface area contributed by atoms with Crippen LogP contribution in [-0.4, -0.2) is 52.3 Å². The summed E-state index contributed by atoms with van der Waals surface area (Å²) >= 11 is 6.06. The number of hydrogen-bond donors (Lipinski definition) is 1. The molecule has 1 N–H and O–H groups in total. The van der Waals surface area contributed by atoms with E-state index < -0.39 is 5.82 Å². The summed E-state index contributed by atoms with van der Waals surface area (Å²) in [5.41, 5.74) is 3.52. The number of rotatable bonds is 3. The Labute approximate surface area is 182 Å². The van der Waals surface area contributed by atoms with Crippen molar-refractivity contribution in [1.82, 2.24) is 20.1 Å². The van der Waals surface area contributed by atoms with Gasteiger partial charge in [-0.2, -0.15) is 5.10 Å². The van der Waals surface area contributed by atoms with E-state index in [9.17, 15) is 9.18 Å². The number of carbonyl (C=O) groups is 1. The molecule has 2 aromatic heterocycles. The number of amides is 1. The summed E-state index contributed by atoms with van der Waals surface area (Å²) in [5, 5.41) is 8.18. The van der Waals surface area contributed by atoms with E-state index in [1.54, 1.807) is 23.2 Å². The smallest absolute Gasteiger partial charge is 0.254 e. The molecule has 0 spiro atoms. The molecule has 8 heteroatoms. The van der Waals surface area contributed by atoms with Gasteiger partial charge in [-0.15, -0.1) is 0 Å². The molecule has 0 saturated carbocycles. The van der Waals surface area contributed by atoms with E-state index in [1.165, 1.54) is 12.1 Å². The molecule has 2 aromatic carbocycles. The summed E-state index contributed by atoms with van der Waals surface area (Å²) in [6.07, 6.45) is 1.71. The molecule has 1 aliphatic heterocycles. The number of aromatic nitrogens is 3. The number of benzene rings is 2. The van der Waals surface area contributed by atoms with Crippen molar-refractivity contribution in [3.63, 3.8) is 0 Å². The van der Waals surface area contributed by atoms with Gasteiger partial charge in [0.2, 0.25) is 0 Å². The van der Waals surface area contributed by atoms with E-state index in [2.05, 4.69) is 15.2 Å². The van der Waals surface area contributed by atoms with Gasteiger partial charge >= 0.3 is 0 Å². The van der Waals surface area contributed by atoms with Gasteiger partial charge in [-0.3, -0.25) is 9.89 Å². The summed E-state index contributed by atoms with van der Waals surface area (Å²) in [5.74, 6) is -0.439. The highest BCUT2D eigenvalue weighted by Crippen LogP contribution is 2.32. The molecule has 0 radical (unpaired) electrons. The first-order valence-corrected chi connectivity index (χ1v) is 10.2. The van der Waals surface area contributed by atoms with Crippen LogP contribution in [0.4, 0.5) is 4.39 Å². The van der Waals surface area contributed by atoms with Crippen molar-refractivity contribution in [2.45, 2.75) is 0 Å². The van der Waals surface area contributed by atoms with Gasteiger partial charge in [0.15, 0.2) is 5.65 Å². The van der Waals surface area contributed by atoms with Crippen molar-refractivity contribution in [3.05, 3.63) is 71.1 Å². The maximum Gasteiger partial charge on any atom is 0.254 e. The van der Waals surface area contributed by atoms with Crippen LogP contribution in [0.25, 0.3) is 33.4 Å². The molecule has 3 heterocycles. The number of nitrogens with one attached hydrogen (secondary N) is 1. The molecule has 31 heavy (non-hydrogen) atoms. The fourth-order valence-electron chi connectivity index (χ4n) is 3.73. The summed E-state index contributed by atoms with van der Waals surface area (Å²) in [6.45, 7) is 2.27. The zero-order valence-corrected chi connectivity index (χ0v) is 17.2. The third-order valence-electron chi connectivity index (χ3n) is 5.34. The van der Waals surface area contributed by atoms with Crippen LogP contribution >= 0.6 is 11.6 Å². The van der Waals surface area contributed by atoms with Crippen molar-refractivity contribution < 1.29 is 13.9 Å². The van der Waals surface area contributed by atoms with E-state index >= 15 is 0 Å². The molecule has 0 bridgehead atoms. The van der Waals surface area contributed by atoms with Crippen molar-refractivity contribution >= 4 is 28.5 Å². The van der Waals surface area contributed by atoms with Gasteiger partial charge in [0.1, 0.15) is 11.5 Å². The molecule has 0 atom stereocenters. The number of morpholine rings is 1. The van der Waals surface area contributed by atoms with Gasteiger partial charge in [-0.05, 0) is 42.0 Å². The highest BCUT2D eigenvalue weighted by Gasteiger charge is 2.19. The second kappa shape index (κ2) is 8.09. The Morgan fingerprint density at radius 3 is 2.77 bits per heavy atom. The van der Waals surface area contributed by atoms with Gasteiger partial charge in [0, 0.05) is 46.4 Å². The predicted molar refractivity (Wildman–Crippen MR) is 116 cm³/mol. The predicted octanol–water partition coefficient (Wildman–Crippen LogP) is 4.56. The molecule has 156 valence electrons. The van der Waals surface area contributed by atoms with Gasteiger partial charge in [0.25, 0.3) is 5.91 Å². The maximum absolute atomic E-state index is 14.4. The van der Waals surface area contributed by atoms with Gasteiger partial charge in [-0.1, -0.05) is 23.7 Å². The standard InChI is InChI=1S/C23H18ClFN4O2/c24-17-4-5-20(25)18(12-17)21-19-11-16(13-26-22(19)28-27-21)14-2-1-3-15(10-14)23(30)29-6-8-31-9-7-29/h1-5,10-13H,6-9H2,(H,26,27,28). The van der Waals surface area contributed by atoms with E-state index in [0.717, 1.165) is 11.1 Å². The molecule has 1 saturated heterocycles. The molecule has 1 aliphatic rings. The van der Waals surface area contributed by atoms with E-state index in [0.29, 0.717) is 59.2 Å². The summed E-state index contributed by atoms with van der Waals surface area (Å²) in [6, 6.07) is 13.7. The molecule has 0 aliphatic carbocycles. The quantitative estimate of drug-likeness (QED) is 0.511. The van der Waals surface area contributed by atoms with E-state index in [4.69, 9.17) is 16.3 Å². The molecule has 0 unspecified atom stereocenters. The second-order valence-corrected chi connectivity index (χ2v) is 7.74. The zero-order valence-electron chi connectivity index (χ0n) is 16.4. The molecule has 6 nitrogen and oxygen atoms in total. The van der Waals surface area contributed by atoms with Crippen LogP contribution in [0.3, 0.4) is 0 Å². The Balaban J connectivity index is 1.54.